The maximum absolute atomic E-state index is 8.54. The second-order valence-electron chi connectivity index (χ2n) is 3.47. The molecule has 1 aromatic carbocycles. The molecule has 0 atom stereocenters. The van der Waals surface area contributed by atoms with E-state index in [2.05, 4.69) is 11.2 Å². The molecule has 0 bridgehead atoms. The van der Waals surface area contributed by atoms with Gasteiger partial charge in [0.15, 0.2) is 0 Å². The molecule has 0 aliphatic carbocycles. The van der Waals surface area contributed by atoms with Gasteiger partial charge in [0.1, 0.15) is 0 Å². The molecule has 2 aromatic rings. The van der Waals surface area contributed by atoms with Crippen molar-refractivity contribution in [3.63, 3.8) is 0 Å². The van der Waals surface area contributed by atoms with Gasteiger partial charge < -0.3 is 0 Å². The Labute approximate surface area is 98.9 Å². The lowest BCUT2D eigenvalue weighted by Crippen LogP contribution is -2.00. The maximum Gasteiger partial charge on any atom is 0.0793 e. The molecule has 0 N–H and O–H groups in total. The predicted molar refractivity (Wildman–Crippen MR) is 62.1 cm³/mol. The number of hydrogen-bond acceptors (Lipinski definition) is 2. The van der Waals surface area contributed by atoms with Crippen molar-refractivity contribution in [2.75, 3.05) is 0 Å². The van der Waals surface area contributed by atoms with E-state index in [4.69, 9.17) is 16.9 Å². The van der Waals surface area contributed by atoms with Crippen LogP contribution < -0.4 is 0 Å². The summed E-state index contributed by atoms with van der Waals surface area (Å²) in [7, 11) is 0. The van der Waals surface area contributed by atoms with Gasteiger partial charge >= 0.3 is 0 Å². The highest BCUT2D eigenvalue weighted by Crippen LogP contribution is 2.10. The fraction of sp³-hybridized carbons (Fsp3) is 0.167. The van der Waals surface area contributed by atoms with E-state index in [1.807, 2.05) is 41.2 Å². The number of halogens is 1. The molecular weight excluding hydrogens is 222 g/mol. The predicted octanol–water partition coefficient (Wildman–Crippen LogP) is 2.65. The van der Waals surface area contributed by atoms with Crippen LogP contribution in [0.2, 0.25) is 5.02 Å². The summed E-state index contributed by atoms with van der Waals surface area (Å²) < 4.78 is 1.82. The van der Waals surface area contributed by atoms with Gasteiger partial charge in [-0.2, -0.15) is 10.4 Å². The Morgan fingerprint density at radius 2 is 2.00 bits per heavy atom. The molecule has 0 aliphatic rings. The zero-order valence-electron chi connectivity index (χ0n) is 8.60. The van der Waals surface area contributed by atoms with Crippen LogP contribution in [0.5, 0.6) is 0 Å². The average molecular weight is 232 g/mol. The first-order valence-electron chi connectivity index (χ1n) is 4.91. The number of aromatic nitrogens is 2. The van der Waals surface area contributed by atoms with Crippen molar-refractivity contribution in [3.8, 4) is 6.07 Å². The fourth-order valence-electron chi connectivity index (χ4n) is 1.44. The summed E-state index contributed by atoms with van der Waals surface area (Å²) in [5.41, 5.74) is 1.94. The lowest BCUT2D eigenvalue weighted by atomic mass is 10.2. The highest BCUT2D eigenvalue weighted by atomic mass is 35.5. The Balaban J connectivity index is 2.09. The summed E-state index contributed by atoms with van der Waals surface area (Å²) in [6, 6.07) is 11.6. The number of benzene rings is 1. The first-order valence-corrected chi connectivity index (χ1v) is 5.29. The molecule has 0 spiro atoms. The van der Waals surface area contributed by atoms with Gasteiger partial charge in [-0.15, -0.1) is 0 Å². The van der Waals surface area contributed by atoms with E-state index < -0.39 is 0 Å². The Kier molecular flexibility index (Phi) is 3.23. The van der Waals surface area contributed by atoms with Gasteiger partial charge in [-0.1, -0.05) is 23.7 Å². The summed E-state index contributed by atoms with van der Waals surface area (Å²) in [5, 5.41) is 13.5. The van der Waals surface area contributed by atoms with Gasteiger partial charge in [0.25, 0.3) is 0 Å². The van der Waals surface area contributed by atoms with Crippen molar-refractivity contribution in [3.05, 3.63) is 52.8 Å². The van der Waals surface area contributed by atoms with Crippen molar-refractivity contribution in [1.82, 2.24) is 9.78 Å². The van der Waals surface area contributed by atoms with Gasteiger partial charge in [-0.3, -0.25) is 4.68 Å². The minimum atomic E-state index is 0.355. The van der Waals surface area contributed by atoms with E-state index in [0.717, 1.165) is 16.3 Å². The van der Waals surface area contributed by atoms with Crippen LogP contribution in [0.3, 0.4) is 0 Å². The molecule has 1 heterocycles. The standard InChI is InChI=1S/C12H10ClN3/c13-11-3-1-10(2-4-11)9-16-8-6-12(15-16)5-7-14/h1-4,6,8H,5,9H2. The van der Waals surface area contributed by atoms with Crippen molar-refractivity contribution in [1.29, 1.82) is 5.26 Å². The molecule has 0 radical (unpaired) electrons. The Morgan fingerprint density at radius 3 is 2.69 bits per heavy atom. The van der Waals surface area contributed by atoms with Crippen LogP contribution >= 0.6 is 11.6 Å². The van der Waals surface area contributed by atoms with Crippen LogP contribution in [0, 0.1) is 11.3 Å². The molecule has 0 saturated carbocycles. The molecule has 0 saturated heterocycles. The molecule has 1 aromatic heterocycles. The van der Waals surface area contributed by atoms with Crippen LogP contribution in [0.15, 0.2) is 36.5 Å². The molecule has 4 heteroatoms. The summed E-state index contributed by atoms with van der Waals surface area (Å²) in [5.74, 6) is 0. The third-order valence-electron chi connectivity index (χ3n) is 2.21. The molecule has 2 rings (SSSR count). The molecule has 80 valence electrons. The summed E-state index contributed by atoms with van der Waals surface area (Å²) >= 11 is 5.80. The zero-order valence-corrected chi connectivity index (χ0v) is 9.35. The quantitative estimate of drug-likeness (QED) is 0.815. The van der Waals surface area contributed by atoms with Crippen molar-refractivity contribution in [2.45, 2.75) is 13.0 Å². The van der Waals surface area contributed by atoms with Crippen LogP contribution in [0.4, 0.5) is 0 Å². The topological polar surface area (TPSA) is 41.6 Å². The van der Waals surface area contributed by atoms with E-state index in [-0.39, 0.29) is 0 Å². The monoisotopic (exact) mass is 231 g/mol. The van der Waals surface area contributed by atoms with Gasteiger partial charge in [0.05, 0.1) is 24.7 Å². The lowest BCUT2D eigenvalue weighted by molar-refractivity contribution is 0.676. The SMILES string of the molecule is N#CCc1ccn(Cc2ccc(Cl)cc2)n1. The van der Waals surface area contributed by atoms with Gasteiger partial charge in [-0.05, 0) is 23.8 Å². The zero-order chi connectivity index (χ0) is 11.4. The Hall–Kier alpha value is -1.79. The van der Waals surface area contributed by atoms with Crippen molar-refractivity contribution < 1.29 is 0 Å². The third-order valence-corrected chi connectivity index (χ3v) is 2.47. The summed E-state index contributed by atoms with van der Waals surface area (Å²) in [6.07, 6.45) is 2.23. The molecule has 0 aliphatic heterocycles. The minimum Gasteiger partial charge on any atom is -0.268 e. The van der Waals surface area contributed by atoms with Gasteiger partial charge in [0.2, 0.25) is 0 Å². The van der Waals surface area contributed by atoms with E-state index in [1.54, 1.807) is 0 Å². The van der Waals surface area contributed by atoms with E-state index in [1.165, 1.54) is 0 Å². The second-order valence-corrected chi connectivity index (χ2v) is 3.90. The minimum absolute atomic E-state index is 0.355. The summed E-state index contributed by atoms with van der Waals surface area (Å²) in [4.78, 5) is 0. The van der Waals surface area contributed by atoms with E-state index in [9.17, 15) is 0 Å². The highest BCUT2D eigenvalue weighted by molar-refractivity contribution is 6.30. The van der Waals surface area contributed by atoms with Gasteiger partial charge in [-0.25, -0.2) is 0 Å². The van der Waals surface area contributed by atoms with Crippen LogP contribution in [-0.4, -0.2) is 9.78 Å². The molecular formula is C12H10ClN3. The molecule has 0 fully saturated rings. The fourth-order valence-corrected chi connectivity index (χ4v) is 1.57. The van der Waals surface area contributed by atoms with E-state index in [0.29, 0.717) is 13.0 Å². The van der Waals surface area contributed by atoms with Crippen LogP contribution in [0.25, 0.3) is 0 Å². The number of nitriles is 1. The highest BCUT2D eigenvalue weighted by Gasteiger charge is 1.99. The number of hydrogen-bond donors (Lipinski definition) is 0. The second kappa shape index (κ2) is 4.82. The first kappa shape index (κ1) is 10.7. The Bertz CT molecular complexity index is 508. The third kappa shape index (κ3) is 2.62. The van der Waals surface area contributed by atoms with Crippen molar-refractivity contribution in [2.24, 2.45) is 0 Å². The Morgan fingerprint density at radius 1 is 1.25 bits per heavy atom. The largest absolute Gasteiger partial charge is 0.268 e. The van der Waals surface area contributed by atoms with Crippen LogP contribution in [-0.2, 0) is 13.0 Å². The molecule has 16 heavy (non-hydrogen) atoms. The lowest BCUT2D eigenvalue weighted by Gasteiger charge is -2.01. The maximum atomic E-state index is 8.54. The van der Waals surface area contributed by atoms with Crippen molar-refractivity contribution >= 4 is 11.6 Å². The molecule has 3 nitrogen and oxygen atoms in total. The van der Waals surface area contributed by atoms with Gasteiger partial charge in [0, 0.05) is 11.2 Å². The van der Waals surface area contributed by atoms with E-state index >= 15 is 0 Å². The number of nitrogens with zero attached hydrogens (tertiary/aromatic N) is 3. The normalized spacial score (nSPS) is 10.0. The molecule has 0 unspecified atom stereocenters. The smallest absolute Gasteiger partial charge is 0.0793 e. The first-order chi connectivity index (χ1) is 7.78. The van der Waals surface area contributed by atoms with Crippen LogP contribution in [0.1, 0.15) is 11.3 Å². The molecule has 0 amide bonds. The summed E-state index contributed by atoms with van der Waals surface area (Å²) in [6.45, 7) is 0.697. The average Bonchev–Trinajstić information content (AvgIpc) is 2.70. The number of rotatable bonds is 3.